The fraction of sp³-hybridized carbons (Fsp3) is 0.818. The number of rotatable bonds is 3. The van der Waals surface area contributed by atoms with Crippen molar-refractivity contribution in [2.45, 2.75) is 44.6 Å². The first-order valence-electron chi connectivity index (χ1n) is 5.49. The molecule has 0 aromatic rings. The fourth-order valence-electron chi connectivity index (χ4n) is 2.20. The van der Waals surface area contributed by atoms with E-state index in [-0.39, 0.29) is 12.1 Å². The van der Waals surface area contributed by atoms with Crippen molar-refractivity contribution >= 4 is 6.09 Å². The van der Waals surface area contributed by atoms with E-state index >= 15 is 0 Å². The summed E-state index contributed by atoms with van der Waals surface area (Å²) in [5.74, 6) is 0.442. The Labute approximate surface area is 90.6 Å². The van der Waals surface area contributed by atoms with Crippen molar-refractivity contribution in [1.29, 1.82) is 5.26 Å². The van der Waals surface area contributed by atoms with Crippen LogP contribution in [-0.2, 0) is 4.74 Å². The van der Waals surface area contributed by atoms with Gasteiger partial charge < -0.3 is 10.1 Å². The molecule has 0 aromatic heterocycles. The maximum Gasteiger partial charge on any atom is 0.407 e. The Kier molecular flexibility index (Phi) is 4.96. The summed E-state index contributed by atoms with van der Waals surface area (Å²) < 4.78 is 4.59. The van der Waals surface area contributed by atoms with Gasteiger partial charge >= 0.3 is 6.09 Å². The van der Waals surface area contributed by atoms with E-state index in [1.807, 2.05) is 0 Å². The van der Waals surface area contributed by atoms with Gasteiger partial charge in [0.15, 0.2) is 0 Å². The second-order valence-electron chi connectivity index (χ2n) is 3.98. The Morgan fingerprint density at radius 2 is 2.27 bits per heavy atom. The molecule has 84 valence electrons. The molecule has 2 atom stereocenters. The molecular formula is C11H18N2O2. The van der Waals surface area contributed by atoms with Crippen LogP contribution >= 0.6 is 0 Å². The van der Waals surface area contributed by atoms with Crippen molar-refractivity contribution in [3.05, 3.63) is 0 Å². The zero-order chi connectivity index (χ0) is 11.1. The summed E-state index contributed by atoms with van der Waals surface area (Å²) >= 11 is 0. The summed E-state index contributed by atoms with van der Waals surface area (Å²) in [5.41, 5.74) is 0. The van der Waals surface area contributed by atoms with E-state index in [0.717, 1.165) is 25.7 Å². The summed E-state index contributed by atoms with van der Waals surface area (Å²) in [5, 5.41) is 11.4. The van der Waals surface area contributed by atoms with Crippen molar-refractivity contribution in [2.24, 2.45) is 5.92 Å². The Morgan fingerprint density at radius 1 is 1.53 bits per heavy atom. The number of hydrogen-bond donors (Lipinski definition) is 1. The number of nitriles is 1. The second kappa shape index (κ2) is 6.28. The highest BCUT2D eigenvalue weighted by Crippen LogP contribution is 2.27. The molecule has 1 saturated carbocycles. The molecule has 1 amide bonds. The molecule has 0 radical (unpaired) electrons. The molecule has 1 rings (SSSR count). The molecule has 1 fully saturated rings. The van der Waals surface area contributed by atoms with Crippen LogP contribution in [0.3, 0.4) is 0 Å². The molecule has 1 aliphatic rings. The van der Waals surface area contributed by atoms with Crippen molar-refractivity contribution < 1.29 is 9.53 Å². The maximum absolute atomic E-state index is 11.1. The van der Waals surface area contributed by atoms with Crippen LogP contribution < -0.4 is 5.32 Å². The fourth-order valence-corrected chi connectivity index (χ4v) is 2.20. The Morgan fingerprint density at radius 3 is 2.93 bits per heavy atom. The summed E-state index contributed by atoms with van der Waals surface area (Å²) in [6.45, 7) is 0. The van der Waals surface area contributed by atoms with E-state index in [1.165, 1.54) is 13.5 Å². The van der Waals surface area contributed by atoms with Gasteiger partial charge in [0, 0.05) is 12.5 Å². The summed E-state index contributed by atoms with van der Waals surface area (Å²) in [7, 11) is 1.38. The van der Waals surface area contributed by atoms with Crippen molar-refractivity contribution in [3.8, 4) is 6.07 Å². The van der Waals surface area contributed by atoms with Crippen molar-refractivity contribution in [3.63, 3.8) is 0 Å². The predicted octanol–water partition coefficient (Wildman–Crippen LogP) is 2.20. The molecule has 0 aliphatic heterocycles. The number of methoxy groups -OCH3 is 1. The molecule has 1 N–H and O–H groups in total. The minimum Gasteiger partial charge on any atom is -0.453 e. The Hall–Kier alpha value is -1.24. The highest BCUT2D eigenvalue weighted by molar-refractivity contribution is 5.67. The van der Waals surface area contributed by atoms with Crippen LogP contribution in [-0.4, -0.2) is 19.2 Å². The molecule has 4 nitrogen and oxygen atoms in total. The SMILES string of the molecule is COC(=O)NC1CCCCC1CCC#N. The average molecular weight is 210 g/mol. The first-order chi connectivity index (χ1) is 7.27. The van der Waals surface area contributed by atoms with E-state index in [1.54, 1.807) is 0 Å². The van der Waals surface area contributed by atoms with Crippen LogP contribution in [0.15, 0.2) is 0 Å². The molecule has 1 aliphatic carbocycles. The second-order valence-corrected chi connectivity index (χ2v) is 3.98. The Balaban J connectivity index is 2.42. The number of amides is 1. The van der Waals surface area contributed by atoms with Crippen LogP contribution in [0.1, 0.15) is 38.5 Å². The van der Waals surface area contributed by atoms with Gasteiger partial charge in [0.05, 0.1) is 13.2 Å². The van der Waals surface area contributed by atoms with Gasteiger partial charge in [-0.3, -0.25) is 0 Å². The van der Waals surface area contributed by atoms with E-state index < -0.39 is 0 Å². The standard InChI is InChI=1S/C11H18N2O2/c1-15-11(14)13-10-7-3-2-5-9(10)6-4-8-12/h9-10H,2-7H2,1H3,(H,13,14). The molecular weight excluding hydrogens is 192 g/mol. The van der Waals surface area contributed by atoms with Crippen LogP contribution in [0, 0.1) is 17.2 Å². The van der Waals surface area contributed by atoms with Gasteiger partial charge in [0.2, 0.25) is 0 Å². The minimum atomic E-state index is -0.358. The van der Waals surface area contributed by atoms with Gasteiger partial charge in [-0.25, -0.2) is 4.79 Å². The number of hydrogen-bond acceptors (Lipinski definition) is 3. The topological polar surface area (TPSA) is 62.1 Å². The van der Waals surface area contributed by atoms with Gasteiger partial charge in [-0.1, -0.05) is 12.8 Å². The molecule has 0 spiro atoms. The first kappa shape index (κ1) is 11.8. The average Bonchev–Trinajstić information content (AvgIpc) is 2.28. The summed E-state index contributed by atoms with van der Waals surface area (Å²) in [4.78, 5) is 11.1. The van der Waals surface area contributed by atoms with E-state index in [9.17, 15) is 4.79 Å². The lowest BCUT2D eigenvalue weighted by molar-refractivity contribution is 0.153. The smallest absolute Gasteiger partial charge is 0.407 e. The molecule has 0 heterocycles. The largest absolute Gasteiger partial charge is 0.453 e. The number of nitrogens with zero attached hydrogens (tertiary/aromatic N) is 1. The number of ether oxygens (including phenoxy) is 1. The lowest BCUT2D eigenvalue weighted by atomic mass is 9.82. The number of nitrogens with one attached hydrogen (secondary N) is 1. The lowest BCUT2D eigenvalue weighted by Gasteiger charge is -2.31. The number of carbonyl (C=O) groups is 1. The van der Waals surface area contributed by atoms with Crippen molar-refractivity contribution in [1.82, 2.24) is 5.32 Å². The molecule has 2 unspecified atom stereocenters. The lowest BCUT2D eigenvalue weighted by Crippen LogP contribution is -2.42. The van der Waals surface area contributed by atoms with Gasteiger partial charge in [-0.2, -0.15) is 5.26 Å². The van der Waals surface area contributed by atoms with E-state index in [0.29, 0.717) is 12.3 Å². The molecule has 4 heteroatoms. The minimum absolute atomic E-state index is 0.194. The third-order valence-electron chi connectivity index (χ3n) is 3.02. The van der Waals surface area contributed by atoms with Gasteiger partial charge in [0.25, 0.3) is 0 Å². The monoisotopic (exact) mass is 210 g/mol. The molecule has 0 bridgehead atoms. The number of carbonyl (C=O) groups excluding carboxylic acids is 1. The zero-order valence-electron chi connectivity index (χ0n) is 9.16. The van der Waals surface area contributed by atoms with Gasteiger partial charge in [-0.15, -0.1) is 0 Å². The summed E-state index contributed by atoms with van der Waals surface area (Å²) in [6.07, 6.45) is 5.56. The summed E-state index contributed by atoms with van der Waals surface area (Å²) in [6, 6.07) is 2.35. The third-order valence-corrected chi connectivity index (χ3v) is 3.02. The quantitative estimate of drug-likeness (QED) is 0.776. The third kappa shape index (κ3) is 3.78. The van der Waals surface area contributed by atoms with E-state index in [2.05, 4.69) is 16.1 Å². The normalized spacial score (nSPS) is 25.3. The molecule has 15 heavy (non-hydrogen) atoms. The predicted molar refractivity (Wildman–Crippen MR) is 56.1 cm³/mol. The van der Waals surface area contributed by atoms with Crippen LogP contribution in [0.25, 0.3) is 0 Å². The first-order valence-corrected chi connectivity index (χ1v) is 5.49. The zero-order valence-corrected chi connectivity index (χ0v) is 9.16. The Bertz CT molecular complexity index is 247. The van der Waals surface area contributed by atoms with E-state index in [4.69, 9.17) is 5.26 Å². The van der Waals surface area contributed by atoms with Gasteiger partial charge in [0.1, 0.15) is 0 Å². The van der Waals surface area contributed by atoms with Crippen molar-refractivity contribution in [2.75, 3.05) is 7.11 Å². The van der Waals surface area contributed by atoms with Crippen LogP contribution in [0.2, 0.25) is 0 Å². The molecule has 0 saturated heterocycles. The van der Waals surface area contributed by atoms with Crippen LogP contribution in [0.5, 0.6) is 0 Å². The molecule has 0 aromatic carbocycles. The number of alkyl carbamates (subject to hydrolysis) is 1. The van der Waals surface area contributed by atoms with Crippen LogP contribution in [0.4, 0.5) is 4.79 Å². The highest BCUT2D eigenvalue weighted by atomic mass is 16.5. The highest BCUT2D eigenvalue weighted by Gasteiger charge is 2.26. The van der Waals surface area contributed by atoms with Gasteiger partial charge in [-0.05, 0) is 25.2 Å². The maximum atomic E-state index is 11.1.